The molecule has 0 radical (unpaired) electrons. The second-order valence-electron chi connectivity index (χ2n) is 8.41. The fourth-order valence-corrected chi connectivity index (χ4v) is 5.31. The minimum Gasteiger partial charge on any atom is -0.323 e. The van der Waals surface area contributed by atoms with Crippen LogP contribution in [-0.2, 0) is 24.6 Å². The lowest BCUT2D eigenvalue weighted by Crippen LogP contribution is -2.06. The first-order valence-electron chi connectivity index (χ1n) is 11.6. The molecular formula is C28H24N6S. The van der Waals surface area contributed by atoms with Crippen molar-refractivity contribution in [1.82, 2.24) is 29.1 Å². The molecule has 0 aliphatic rings. The molecule has 0 atom stereocenters. The zero-order chi connectivity index (χ0) is 23.5. The van der Waals surface area contributed by atoms with E-state index in [4.69, 9.17) is 9.97 Å². The molecule has 2 aromatic carbocycles. The zero-order valence-electron chi connectivity index (χ0n) is 19.2. The lowest BCUT2D eigenvalue weighted by atomic mass is 10.2. The van der Waals surface area contributed by atoms with Gasteiger partial charge in [-0.15, -0.1) is 11.8 Å². The third-order valence-electron chi connectivity index (χ3n) is 6.11. The minimum absolute atomic E-state index is 0.777. The Kier molecular flexibility index (Phi) is 5.99. The van der Waals surface area contributed by atoms with Gasteiger partial charge in [0.2, 0.25) is 0 Å². The van der Waals surface area contributed by atoms with Crippen molar-refractivity contribution in [2.24, 2.45) is 0 Å². The summed E-state index contributed by atoms with van der Waals surface area (Å²) in [5, 5.41) is 0. The summed E-state index contributed by atoms with van der Waals surface area (Å²) >= 11 is 1.85. The first kappa shape index (κ1) is 21.6. The number of nitrogens with zero attached hydrogens (tertiary/aromatic N) is 6. The van der Waals surface area contributed by atoms with Gasteiger partial charge in [-0.05, 0) is 59.7 Å². The van der Waals surface area contributed by atoms with Gasteiger partial charge in [-0.3, -0.25) is 9.97 Å². The Morgan fingerprint density at radius 3 is 1.43 bits per heavy atom. The van der Waals surface area contributed by atoms with Crippen molar-refractivity contribution in [3.8, 4) is 0 Å². The van der Waals surface area contributed by atoms with Crippen LogP contribution < -0.4 is 0 Å². The number of benzene rings is 2. The second-order valence-corrected chi connectivity index (χ2v) is 9.40. The number of thioether (sulfide) groups is 1. The smallest absolute Gasteiger partial charge is 0.120 e. The van der Waals surface area contributed by atoms with Crippen LogP contribution in [0.2, 0.25) is 0 Å². The molecule has 0 amide bonds. The van der Waals surface area contributed by atoms with E-state index >= 15 is 0 Å². The van der Waals surface area contributed by atoms with Gasteiger partial charge in [-0.2, -0.15) is 0 Å². The molecule has 6 nitrogen and oxygen atoms in total. The van der Waals surface area contributed by atoms with Gasteiger partial charge in [0.25, 0.3) is 0 Å². The lowest BCUT2D eigenvalue weighted by molar-refractivity contribution is 0.772. The predicted molar refractivity (Wildman–Crippen MR) is 141 cm³/mol. The molecular weight excluding hydrogens is 452 g/mol. The van der Waals surface area contributed by atoms with Crippen molar-refractivity contribution in [1.29, 1.82) is 0 Å². The maximum absolute atomic E-state index is 4.97. The molecule has 35 heavy (non-hydrogen) atoms. The Labute approximate surface area is 207 Å². The highest BCUT2D eigenvalue weighted by atomic mass is 32.2. The Morgan fingerprint density at radius 2 is 0.971 bits per heavy atom. The maximum atomic E-state index is 4.97. The van der Waals surface area contributed by atoms with Crippen LogP contribution in [0.4, 0.5) is 0 Å². The number of hydrogen-bond acceptors (Lipinski definition) is 5. The van der Waals surface area contributed by atoms with Crippen molar-refractivity contribution in [2.45, 2.75) is 24.6 Å². The summed E-state index contributed by atoms with van der Waals surface area (Å²) in [6, 6.07) is 24.9. The highest BCUT2D eigenvalue weighted by molar-refractivity contribution is 7.97. The van der Waals surface area contributed by atoms with Gasteiger partial charge in [0, 0.05) is 37.9 Å². The van der Waals surface area contributed by atoms with E-state index in [0.29, 0.717) is 0 Å². The third kappa shape index (κ3) is 4.55. The van der Waals surface area contributed by atoms with Gasteiger partial charge in [-0.25, -0.2) is 9.97 Å². The summed E-state index contributed by atoms with van der Waals surface area (Å²) < 4.78 is 4.63. The Balaban J connectivity index is 1.27. The zero-order valence-corrected chi connectivity index (χ0v) is 20.0. The van der Waals surface area contributed by atoms with E-state index in [2.05, 4.69) is 79.8 Å². The minimum atomic E-state index is 0.777. The summed E-state index contributed by atoms with van der Waals surface area (Å²) in [6.07, 6.45) is 7.37. The number of fused-ring (bicyclic) bond motifs is 2. The second kappa shape index (κ2) is 9.72. The average molecular weight is 477 g/mol. The summed E-state index contributed by atoms with van der Waals surface area (Å²) in [4.78, 5) is 18.2. The lowest BCUT2D eigenvalue weighted by Gasteiger charge is -2.11. The van der Waals surface area contributed by atoms with Crippen molar-refractivity contribution in [2.75, 3.05) is 0 Å². The van der Waals surface area contributed by atoms with Crippen LogP contribution in [0, 0.1) is 0 Å². The van der Waals surface area contributed by atoms with Crippen LogP contribution in [0.5, 0.6) is 0 Å². The first-order valence-corrected chi connectivity index (χ1v) is 12.7. The van der Waals surface area contributed by atoms with E-state index < -0.39 is 0 Å². The van der Waals surface area contributed by atoms with Crippen LogP contribution >= 0.6 is 11.8 Å². The van der Waals surface area contributed by atoms with E-state index in [1.165, 1.54) is 11.1 Å². The molecule has 0 fully saturated rings. The van der Waals surface area contributed by atoms with Crippen LogP contribution in [0.15, 0.2) is 97.6 Å². The molecule has 172 valence electrons. The molecule has 6 rings (SSSR count). The quantitative estimate of drug-likeness (QED) is 0.282. The molecule has 0 bridgehead atoms. The van der Waals surface area contributed by atoms with Crippen LogP contribution in [0.3, 0.4) is 0 Å². The number of para-hydroxylation sites is 4. The molecule has 0 N–H and O–H groups in total. The monoisotopic (exact) mass is 476 g/mol. The van der Waals surface area contributed by atoms with Gasteiger partial charge in [0.1, 0.15) is 11.6 Å². The molecule has 6 aromatic rings. The van der Waals surface area contributed by atoms with Crippen molar-refractivity contribution >= 4 is 33.8 Å². The fourth-order valence-electron chi connectivity index (χ4n) is 4.40. The highest BCUT2D eigenvalue weighted by Gasteiger charge is 2.14. The van der Waals surface area contributed by atoms with Crippen molar-refractivity contribution in [3.63, 3.8) is 0 Å². The SMILES string of the molecule is c1ccc2c(c1)nc(CSCc1nc3ccccc3n1Cc1ccncc1)n2Cc1ccncc1. The molecule has 0 saturated heterocycles. The van der Waals surface area contributed by atoms with Crippen molar-refractivity contribution < 1.29 is 0 Å². The molecule has 0 unspecified atom stereocenters. The summed E-state index contributed by atoms with van der Waals surface area (Å²) in [7, 11) is 0. The third-order valence-corrected chi connectivity index (χ3v) is 7.03. The number of pyridine rings is 2. The summed E-state index contributed by atoms with van der Waals surface area (Å²) in [5.41, 5.74) is 6.81. The van der Waals surface area contributed by atoms with Crippen LogP contribution in [0.25, 0.3) is 22.1 Å². The van der Waals surface area contributed by atoms with E-state index in [-0.39, 0.29) is 0 Å². The van der Waals surface area contributed by atoms with E-state index in [1.807, 2.05) is 48.7 Å². The number of hydrogen-bond donors (Lipinski definition) is 0. The standard InChI is InChI=1S/C28H24N6S/c1-3-7-25-23(5-1)31-27(33(25)17-21-9-13-29-14-10-21)19-35-20-28-32-24-6-2-4-8-26(24)34(28)18-22-11-15-30-16-12-22/h1-16H,17-20H2. The molecule has 0 aliphatic carbocycles. The van der Waals surface area contributed by atoms with Crippen molar-refractivity contribution in [3.05, 3.63) is 120 Å². The Morgan fingerprint density at radius 1 is 0.543 bits per heavy atom. The van der Waals surface area contributed by atoms with Gasteiger partial charge in [0.05, 0.1) is 33.6 Å². The predicted octanol–water partition coefficient (Wildman–Crippen LogP) is 5.71. The maximum Gasteiger partial charge on any atom is 0.120 e. The van der Waals surface area contributed by atoms with Gasteiger partial charge in [0.15, 0.2) is 0 Å². The molecule has 4 heterocycles. The van der Waals surface area contributed by atoms with E-state index in [0.717, 1.165) is 58.3 Å². The van der Waals surface area contributed by atoms with Gasteiger partial charge < -0.3 is 9.13 Å². The van der Waals surface area contributed by atoms with Crippen LogP contribution in [0.1, 0.15) is 22.8 Å². The van der Waals surface area contributed by atoms with Crippen LogP contribution in [-0.4, -0.2) is 29.1 Å². The Hall–Kier alpha value is -3.97. The Bertz CT molecular complexity index is 1450. The molecule has 4 aromatic heterocycles. The normalized spacial score (nSPS) is 11.4. The molecule has 0 spiro atoms. The molecule has 0 aliphatic heterocycles. The van der Waals surface area contributed by atoms with E-state index in [9.17, 15) is 0 Å². The summed E-state index contributed by atoms with van der Waals surface area (Å²) in [5.74, 6) is 3.76. The number of aromatic nitrogens is 6. The summed E-state index contributed by atoms with van der Waals surface area (Å²) in [6.45, 7) is 1.55. The first-order chi connectivity index (χ1) is 17.3. The largest absolute Gasteiger partial charge is 0.323 e. The molecule has 0 saturated carbocycles. The topological polar surface area (TPSA) is 61.4 Å². The van der Waals surface area contributed by atoms with Gasteiger partial charge >= 0.3 is 0 Å². The number of imidazole rings is 2. The molecule has 7 heteroatoms. The average Bonchev–Trinajstić information content (AvgIpc) is 3.43. The number of rotatable bonds is 8. The van der Waals surface area contributed by atoms with Gasteiger partial charge in [-0.1, -0.05) is 24.3 Å². The fraction of sp³-hybridized carbons (Fsp3) is 0.143. The van der Waals surface area contributed by atoms with E-state index in [1.54, 1.807) is 0 Å². The highest BCUT2D eigenvalue weighted by Crippen LogP contribution is 2.25.